The molecule has 0 amide bonds. The molecule has 5 heterocycles. The van der Waals surface area contributed by atoms with Crippen LogP contribution in [0.3, 0.4) is 0 Å². The molecule has 0 N–H and O–H groups in total. The second-order valence-electron chi connectivity index (χ2n) is 10.4. The first kappa shape index (κ1) is 27.3. The zero-order chi connectivity index (χ0) is 28.3. The predicted molar refractivity (Wildman–Crippen MR) is 150 cm³/mol. The first-order valence-corrected chi connectivity index (χ1v) is 14.5. The second kappa shape index (κ2) is 11.9. The van der Waals surface area contributed by atoms with Gasteiger partial charge in [-0.1, -0.05) is 6.07 Å². The van der Waals surface area contributed by atoms with Gasteiger partial charge < -0.3 is 18.8 Å². The van der Waals surface area contributed by atoms with Crippen LogP contribution < -0.4 is 4.74 Å². The highest BCUT2D eigenvalue weighted by Crippen LogP contribution is 2.30. The minimum Gasteiger partial charge on any atom is -0.472 e. The number of carbonyl (C=O) groups excluding carboxylic acids is 1. The number of piperidine rings is 1. The van der Waals surface area contributed by atoms with Gasteiger partial charge in [0.2, 0.25) is 5.88 Å². The molecule has 2 aliphatic heterocycles. The predicted octanol–water partition coefficient (Wildman–Crippen LogP) is 5.17. The Hall–Kier alpha value is -3.85. The molecule has 212 valence electrons. The Balaban J connectivity index is 0.997. The third kappa shape index (κ3) is 5.95. The van der Waals surface area contributed by atoms with E-state index in [0.29, 0.717) is 26.8 Å². The number of imidazole rings is 1. The van der Waals surface area contributed by atoms with E-state index in [0.717, 1.165) is 73.6 Å². The number of hydrogen-bond donors (Lipinski definition) is 0. The highest BCUT2D eigenvalue weighted by molar-refractivity contribution is 7.12. The van der Waals surface area contributed by atoms with E-state index in [4.69, 9.17) is 19.5 Å². The van der Waals surface area contributed by atoms with Crippen molar-refractivity contribution in [3.63, 3.8) is 0 Å². The van der Waals surface area contributed by atoms with Crippen LogP contribution in [0.2, 0.25) is 0 Å². The lowest BCUT2D eigenvalue weighted by Crippen LogP contribution is -2.35. The number of benzene rings is 1. The third-order valence-corrected chi connectivity index (χ3v) is 8.92. The smallest absolute Gasteiger partial charge is 0.339 e. The lowest BCUT2D eigenvalue weighted by atomic mass is 9.93. The van der Waals surface area contributed by atoms with Crippen LogP contribution in [0.1, 0.15) is 56.6 Å². The summed E-state index contributed by atoms with van der Waals surface area (Å²) in [6.07, 6.45) is 4.77. The van der Waals surface area contributed by atoms with Crippen LogP contribution in [-0.2, 0) is 22.6 Å². The molecule has 4 aromatic rings. The number of esters is 1. The van der Waals surface area contributed by atoms with Crippen molar-refractivity contribution in [3.8, 4) is 11.9 Å². The average Bonchev–Trinajstić information content (AvgIpc) is 3.51. The molecule has 0 spiro atoms. The molecule has 1 unspecified atom stereocenters. The SMILES string of the molecule is Cc1c(C#N)sc(COc2cccc(C3CCN(COC(=O)c4ccc5ncn(CC6CCO6)c5c4)CC3)n2)c1F. The van der Waals surface area contributed by atoms with Crippen molar-refractivity contribution in [2.75, 3.05) is 26.4 Å². The van der Waals surface area contributed by atoms with Gasteiger partial charge in [-0.15, -0.1) is 11.3 Å². The minimum absolute atomic E-state index is 0.0312. The number of ether oxygens (including phenoxy) is 3. The molecule has 3 aromatic heterocycles. The van der Waals surface area contributed by atoms with Crippen LogP contribution >= 0.6 is 11.3 Å². The van der Waals surface area contributed by atoms with E-state index in [1.54, 1.807) is 25.4 Å². The fraction of sp³-hybridized carbons (Fsp3) is 0.400. The van der Waals surface area contributed by atoms with Crippen LogP contribution in [0.4, 0.5) is 4.39 Å². The maximum absolute atomic E-state index is 14.4. The average molecular weight is 576 g/mol. The molecule has 2 fully saturated rings. The summed E-state index contributed by atoms with van der Waals surface area (Å²) in [6, 6.07) is 13.1. The zero-order valence-corrected chi connectivity index (χ0v) is 23.5. The number of fused-ring (bicyclic) bond motifs is 1. The van der Waals surface area contributed by atoms with E-state index in [2.05, 4.69) is 14.9 Å². The lowest BCUT2D eigenvalue weighted by Gasteiger charge is -2.31. The summed E-state index contributed by atoms with van der Waals surface area (Å²) in [5.74, 6) is -0.0606. The summed E-state index contributed by atoms with van der Waals surface area (Å²) in [5, 5.41) is 9.13. The Labute approximate surface area is 241 Å². The quantitative estimate of drug-likeness (QED) is 0.252. The van der Waals surface area contributed by atoms with E-state index < -0.39 is 0 Å². The molecule has 6 rings (SSSR count). The maximum atomic E-state index is 14.4. The Morgan fingerprint density at radius 1 is 1.24 bits per heavy atom. The van der Waals surface area contributed by atoms with Crippen molar-refractivity contribution in [1.82, 2.24) is 19.4 Å². The van der Waals surface area contributed by atoms with Gasteiger partial charge in [0.1, 0.15) is 30.1 Å². The highest BCUT2D eigenvalue weighted by atomic mass is 32.1. The minimum atomic E-state index is -0.387. The molecule has 0 radical (unpaired) electrons. The molecular formula is C30H30FN5O4S. The number of thiophene rings is 1. The van der Waals surface area contributed by atoms with Gasteiger partial charge in [-0.2, -0.15) is 5.26 Å². The molecule has 0 saturated carbocycles. The van der Waals surface area contributed by atoms with Crippen LogP contribution in [0.15, 0.2) is 42.7 Å². The fourth-order valence-corrected chi connectivity index (χ4v) is 6.09. The van der Waals surface area contributed by atoms with E-state index in [1.165, 1.54) is 0 Å². The van der Waals surface area contributed by atoms with Gasteiger partial charge >= 0.3 is 5.97 Å². The normalized spacial score (nSPS) is 17.7. The Kier molecular flexibility index (Phi) is 7.96. The number of hydrogen-bond acceptors (Lipinski definition) is 9. The number of pyridine rings is 1. The summed E-state index contributed by atoms with van der Waals surface area (Å²) >= 11 is 1.11. The number of nitriles is 1. The summed E-state index contributed by atoms with van der Waals surface area (Å²) in [4.78, 5) is 24.8. The molecule has 41 heavy (non-hydrogen) atoms. The Morgan fingerprint density at radius 2 is 2.07 bits per heavy atom. The molecule has 9 nitrogen and oxygen atoms in total. The number of likely N-dealkylation sites (tertiary alicyclic amines) is 1. The van der Waals surface area contributed by atoms with Gasteiger partial charge in [-0.3, -0.25) is 4.90 Å². The summed E-state index contributed by atoms with van der Waals surface area (Å²) in [5.41, 5.74) is 3.53. The highest BCUT2D eigenvalue weighted by Gasteiger charge is 2.24. The molecule has 1 atom stereocenters. The fourth-order valence-electron chi connectivity index (χ4n) is 5.20. The van der Waals surface area contributed by atoms with Gasteiger partial charge in [-0.25, -0.2) is 19.2 Å². The van der Waals surface area contributed by atoms with Crippen molar-refractivity contribution in [2.24, 2.45) is 0 Å². The first-order valence-electron chi connectivity index (χ1n) is 13.7. The largest absolute Gasteiger partial charge is 0.472 e. The van der Waals surface area contributed by atoms with Crippen LogP contribution in [0.25, 0.3) is 11.0 Å². The number of aromatic nitrogens is 3. The molecule has 11 heteroatoms. The summed E-state index contributed by atoms with van der Waals surface area (Å²) < 4.78 is 33.4. The van der Waals surface area contributed by atoms with Crippen LogP contribution in [0.5, 0.6) is 5.88 Å². The number of carbonyl (C=O) groups is 1. The first-order chi connectivity index (χ1) is 20.0. The van der Waals surface area contributed by atoms with E-state index in [-0.39, 0.29) is 37.1 Å². The molecule has 0 bridgehead atoms. The van der Waals surface area contributed by atoms with Crippen LogP contribution in [-0.4, -0.2) is 57.9 Å². The van der Waals surface area contributed by atoms with E-state index in [1.807, 2.05) is 34.9 Å². The number of nitrogens with zero attached hydrogens (tertiary/aromatic N) is 5. The van der Waals surface area contributed by atoms with Crippen molar-refractivity contribution in [2.45, 2.75) is 51.4 Å². The van der Waals surface area contributed by atoms with Crippen molar-refractivity contribution >= 4 is 28.3 Å². The van der Waals surface area contributed by atoms with Crippen molar-refractivity contribution in [3.05, 3.63) is 75.1 Å². The molecule has 2 saturated heterocycles. The zero-order valence-electron chi connectivity index (χ0n) is 22.7. The second-order valence-corrected chi connectivity index (χ2v) is 11.5. The van der Waals surface area contributed by atoms with E-state index in [9.17, 15) is 9.18 Å². The van der Waals surface area contributed by atoms with E-state index >= 15 is 0 Å². The van der Waals surface area contributed by atoms with Gasteiger partial charge in [0.25, 0.3) is 0 Å². The topological polar surface area (TPSA) is 102 Å². The molecule has 2 aliphatic rings. The number of rotatable bonds is 9. The van der Waals surface area contributed by atoms with Gasteiger partial charge in [0.05, 0.1) is 40.5 Å². The Morgan fingerprint density at radius 3 is 2.80 bits per heavy atom. The Bertz CT molecular complexity index is 1600. The standard InChI is InChI=1S/C30H30FN5O4S/c1-19-26(14-32)41-27(29(19)31)16-39-28-4-2-3-23(34-28)20-7-10-35(11-8-20)18-40-30(37)21-5-6-24-25(13-21)36(17-33-24)15-22-9-12-38-22/h2-6,13,17,20,22H,7-12,15-16,18H2,1H3. The lowest BCUT2D eigenvalue weighted by molar-refractivity contribution is -0.0586. The van der Waals surface area contributed by atoms with Gasteiger partial charge in [-0.05, 0) is 50.5 Å². The molecule has 0 aliphatic carbocycles. The van der Waals surface area contributed by atoms with Crippen molar-refractivity contribution in [1.29, 1.82) is 5.26 Å². The molecular weight excluding hydrogens is 545 g/mol. The maximum Gasteiger partial charge on any atom is 0.339 e. The summed E-state index contributed by atoms with van der Waals surface area (Å²) in [7, 11) is 0. The number of halogens is 1. The van der Waals surface area contributed by atoms with Gasteiger partial charge in [0.15, 0.2) is 0 Å². The third-order valence-electron chi connectivity index (χ3n) is 7.77. The van der Waals surface area contributed by atoms with Crippen LogP contribution in [0, 0.1) is 24.1 Å². The molecule has 1 aromatic carbocycles. The van der Waals surface area contributed by atoms with Gasteiger partial charge in [0, 0.05) is 42.9 Å². The summed E-state index contributed by atoms with van der Waals surface area (Å²) in [6.45, 7) is 4.93. The van der Waals surface area contributed by atoms with Crippen molar-refractivity contribution < 1.29 is 23.4 Å². The monoisotopic (exact) mass is 575 g/mol.